The molecule has 2 aromatic rings. The second kappa shape index (κ2) is 13.8. The molecule has 39 heavy (non-hydrogen) atoms. The van der Waals surface area contributed by atoms with Crippen molar-refractivity contribution >= 4 is 50.7 Å². The Bertz CT molecular complexity index is 1290. The molecular formula is C27H33Cl2F2N3O4S. The van der Waals surface area contributed by atoms with Crippen molar-refractivity contribution in [2.24, 2.45) is 0 Å². The number of hydrogen-bond acceptors (Lipinski definition) is 4. The minimum Gasteiger partial charge on any atom is -0.352 e. The van der Waals surface area contributed by atoms with E-state index in [9.17, 15) is 26.8 Å². The van der Waals surface area contributed by atoms with Crippen molar-refractivity contribution in [1.29, 1.82) is 0 Å². The smallest absolute Gasteiger partial charge is 0.243 e. The Hall–Kier alpha value is -2.43. The highest BCUT2D eigenvalue weighted by atomic mass is 35.5. The van der Waals surface area contributed by atoms with E-state index in [1.165, 1.54) is 4.90 Å². The van der Waals surface area contributed by atoms with Gasteiger partial charge in [-0.05, 0) is 55.5 Å². The van der Waals surface area contributed by atoms with Crippen LogP contribution in [-0.2, 0) is 26.2 Å². The van der Waals surface area contributed by atoms with E-state index in [2.05, 4.69) is 5.32 Å². The van der Waals surface area contributed by atoms with Crippen LogP contribution in [0.15, 0.2) is 36.4 Å². The van der Waals surface area contributed by atoms with Gasteiger partial charge < -0.3 is 10.2 Å². The number of nitrogens with one attached hydrogen (secondary N) is 1. The summed E-state index contributed by atoms with van der Waals surface area (Å²) in [6.07, 6.45) is 5.17. The van der Waals surface area contributed by atoms with Gasteiger partial charge >= 0.3 is 0 Å². The highest BCUT2D eigenvalue weighted by molar-refractivity contribution is 7.92. The predicted octanol–water partition coefficient (Wildman–Crippen LogP) is 5.68. The molecule has 0 aliphatic heterocycles. The molecule has 214 valence electrons. The van der Waals surface area contributed by atoms with E-state index in [1.54, 1.807) is 18.2 Å². The van der Waals surface area contributed by atoms with Gasteiger partial charge in [0.15, 0.2) is 11.6 Å². The van der Waals surface area contributed by atoms with Crippen LogP contribution < -0.4 is 9.62 Å². The van der Waals surface area contributed by atoms with Gasteiger partial charge in [-0.25, -0.2) is 17.2 Å². The Morgan fingerprint density at radius 1 is 1.08 bits per heavy atom. The SMILES string of the molecule is CCC(C(=O)NC1CCCC1)N(Cc1ccc(Cl)cc1Cl)C(=O)CCCN(c1ccc(F)c(F)c1)S(C)(=O)=O. The number of carbonyl (C=O) groups excluding carboxylic acids is 2. The van der Waals surface area contributed by atoms with Gasteiger partial charge in [-0.3, -0.25) is 13.9 Å². The summed E-state index contributed by atoms with van der Waals surface area (Å²) in [5.74, 6) is -2.89. The third-order valence-corrected chi connectivity index (χ3v) is 8.57. The van der Waals surface area contributed by atoms with Gasteiger partial charge in [0.1, 0.15) is 6.04 Å². The average molecular weight is 605 g/mol. The fourth-order valence-electron chi connectivity index (χ4n) is 4.76. The third-order valence-electron chi connectivity index (χ3n) is 6.79. The molecule has 0 bridgehead atoms. The maximum Gasteiger partial charge on any atom is 0.243 e. The second-order valence-corrected chi connectivity index (χ2v) is 12.5. The van der Waals surface area contributed by atoms with Crippen LogP contribution >= 0.6 is 23.2 Å². The molecule has 1 aliphatic carbocycles. The number of amides is 2. The molecule has 1 fully saturated rings. The van der Waals surface area contributed by atoms with Gasteiger partial charge in [0.2, 0.25) is 21.8 Å². The fourth-order valence-corrected chi connectivity index (χ4v) is 6.19. The van der Waals surface area contributed by atoms with Crippen LogP contribution in [0.5, 0.6) is 0 Å². The van der Waals surface area contributed by atoms with Gasteiger partial charge in [0, 0.05) is 41.7 Å². The molecular weight excluding hydrogens is 571 g/mol. The quantitative estimate of drug-likeness (QED) is 0.338. The van der Waals surface area contributed by atoms with Crippen molar-refractivity contribution < 1.29 is 26.8 Å². The zero-order valence-corrected chi connectivity index (χ0v) is 24.3. The first-order valence-corrected chi connectivity index (χ1v) is 15.5. The number of hydrogen-bond donors (Lipinski definition) is 1. The average Bonchev–Trinajstić information content (AvgIpc) is 3.37. The topological polar surface area (TPSA) is 86.8 Å². The molecule has 2 amide bonds. The van der Waals surface area contributed by atoms with Gasteiger partial charge in [-0.15, -0.1) is 0 Å². The Kier molecular flexibility index (Phi) is 11.0. The summed E-state index contributed by atoms with van der Waals surface area (Å²) in [4.78, 5) is 28.2. The lowest BCUT2D eigenvalue weighted by Gasteiger charge is -2.32. The summed E-state index contributed by atoms with van der Waals surface area (Å²) in [6.45, 7) is 1.73. The molecule has 1 atom stereocenters. The van der Waals surface area contributed by atoms with Gasteiger partial charge in [-0.2, -0.15) is 0 Å². The molecule has 0 aromatic heterocycles. The zero-order chi connectivity index (χ0) is 28.7. The summed E-state index contributed by atoms with van der Waals surface area (Å²) >= 11 is 12.4. The maximum absolute atomic E-state index is 13.8. The fraction of sp³-hybridized carbons (Fsp3) is 0.481. The molecule has 0 heterocycles. The predicted molar refractivity (Wildman–Crippen MR) is 149 cm³/mol. The standard InChI is InChI=1S/C27H33Cl2F2N3O4S/c1-3-25(27(36)32-20-7-4-5-8-20)33(17-18-10-11-19(28)15-22(18)29)26(35)9-6-14-34(39(2,37)38)21-12-13-23(30)24(31)16-21/h10-13,15-16,20,25H,3-9,14,17H2,1-2H3,(H,32,36). The van der Waals surface area contributed by atoms with Crippen LogP contribution in [0.3, 0.4) is 0 Å². The van der Waals surface area contributed by atoms with Gasteiger partial charge in [0.05, 0.1) is 11.9 Å². The highest BCUT2D eigenvalue weighted by Gasteiger charge is 2.31. The van der Waals surface area contributed by atoms with E-state index in [4.69, 9.17) is 23.2 Å². The molecule has 0 spiro atoms. The molecule has 7 nitrogen and oxygen atoms in total. The second-order valence-electron chi connectivity index (χ2n) is 9.71. The van der Waals surface area contributed by atoms with Gasteiger partial charge in [0.25, 0.3) is 0 Å². The molecule has 1 N–H and O–H groups in total. The first-order valence-electron chi connectivity index (χ1n) is 12.9. The molecule has 0 radical (unpaired) electrons. The molecule has 1 saturated carbocycles. The number of halogens is 4. The van der Waals surface area contributed by atoms with E-state index >= 15 is 0 Å². The molecule has 2 aromatic carbocycles. The summed E-state index contributed by atoms with van der Waals surface area (Å²) < 4.78 is 52.9. The van der Waals surface area contributed by atoms with E-state index in [0.717, 1.165) is 54.4 Å². The van der Waals surface area contributed by atoms with Crippen molar-refractivity contribution in [2.45, 2.75) is 70.5 Å². The molecule has 0 saturated heterocycles. The molecule has 12 heteroatoms. The van der Waals surface area contributed by atoms with Crippen molar-refractivity contribution in [1.82, 2.24) is 10.2 Å². The minimum absolute atomic E-state index is 0.0453. The highest BCUT2D eigenvalue weighted by Crippen LogP contribution is 2.26. The number of carbonyl (C=O) groups is 2. The number of sulfonamides is 1. The van der Waals surface area contributed by atoms with Crippen LogP contribution in [0.25, 0.3) is 0 Å². The first kappa shape index (κ1) is 31.1. The molecule has 1 aliphatic rings. The zero-order valence-electron chi connectivity index (χ0n) is 21.9. The number of benzene rings is 2. The van der Waals surface area contributed by atoms with Crippen molar-refractivity contribution in [3.63, 3.8) is 0 Å². The summed E-state index contributed by atoms with van der Waals surface area (Å²) in [6, 6.07) is 7.03. The lowest BCUT2D eigenvalue weighted by atomic mass is 10.1. The number of anilines is 1. The van der Waals surface area contributed by atoms with E-state index < -0.39 is 27.7 Å². The molecule has 1 unspecified atom stereocenters. The lowest BCUT2D eigenvalue weighted by molar-refractivity contribution is -0.141. The van der Waals surface area contributed by atoms with Crippen LogP contribution in [0.4, 0.5) is 14.5 Å². The number of rotatable bonds is 12. The van der Waals surface area contributed by atoms with E-state index in [0.29, 0.717) is 22.0 Å². The van der Waals surface area contributed by atoms with Crippen LogP contribution in [0.2, 0.25) is 10.0 Å². The molecule has 3 rings (SSSR count). The summed E-state index contributed by atoms with van der Waals surface area (Å²) in [5, 5.41) is 3.85. The lowest BCUT2D eigenvalue weighted by Crippen LogP contribution is -2.51. The largest absolute Gasteiger partial charge is 0.352 e. The summed E-state index contributed by atoms with van der Waals surface area (Å²) in [7, 11) is -3.85. The Labute approximate surface area is 238 Å². The summed E-state index contributed by atoms with van der Waals surface area (Å²) in [5.41, 5.74) is 0.567. The van der Waals surface area contributed by atoms with Crippen molar-refractivity contribution in [2.75, 3.05) is 17.1 Å². The van der Waals surface area contributed by atoms with Crippen LogP contribution in [-0.4, -0.2) is 50.0 Å². The maximum atomic E-state index is 13.8. The van der Waals surface area contributed by atoms with Crippen molar-refractivity contribution in [3.8, 4) is 0 Å². The normalized spacial score (nSPS) is 14.7. The number of nitrogens with zero attached hydrogens (tertiary/aromatic N) is 2. The van der Waals surface area contributed by atoms with Crippen LogP contribution in [0, 0.1) is 11.6 Å². The monoisotopic (exact) mass is 603 g/mol. The van der Waals surface area contributed by atoms with Crippen LogP contribution in [0.1, 0.15) is 57.4 Å². The van der Waals surface area contributed by atoms with E-state index in [1.807, 2.05) is 6.92 Å². The Balaban J connectivity index is 1.79. The third kappa shape index (κ3) is 8.53. The minimum atomic E-state index is -3.85. The van der Waals surface area contributed by atoms with E-state index in [-0.39, 0.29) is 49.5 Å². The first-order chi connectivity index (χ1) is 18.4. The van der Waals surface area contributed by atoms with Gasteiger partial charge in [-0.1, -0.05) is 49.0 Å². The Morgan fingerprint density at radius 2 is 1.77 bits per heavy atom. The Morgan fingerprint density at radius 3 is 2.36 bits per heavy atom. The van der Waals surface area contributed by atoms with Crippen molar-refractivity contribution in [3.05, 3.63) is 63.6 Å².